The third kappa shape index (κ3) is 4.93. The number of carbonyl (C=O) groups is 1. The normalized spacial score (nSPS) is 22.2. The summed E-state index contributed by atoms with van der Waals surface area (Å²) in [7, 11) is -8.38. The molecule has 0 N–H and O–H groups in total. The van der Waals surface area contributed by atoms with E-state index >= 15 is 0 Å². The standard InChI is InChI=1S/C18H18F5NO3S/c1-26-15-9-7-14(8-10-15)24-16(12-28(19,20,21,22)23)17(18(24)25)27-11-13-5-3-2-4-6-13/h2-10,16-17H,11-12H2,1H3/t16-,17+/m0/s1. The van der Waals surface area contributed by atoms with Gasteiger partial charge < -0.3 is 14.4 Å². The molecule has 0 saturated carbocycles. The number of β-lactam (4-membered cyclic amide) rings is 1. The molecule has 1 aliphatic heterocycles. The maximum Gasteiger partial charge on any atom is 0.287 e. The Kier molecular flexibility index (Phi) is 4.62. The van der Waals surface area contributed by atoms with Crippen molar-refractivity contribution in [3.8, 4) is 5.75 Å². The molecule has 0 aliphatic carbocycles. The quantitative estimate of drug-likeness (QED) is 0.449. The molecule has 1 amide bonds. The van der Waals surface area contributed by atoms with Gasteiger partial charge in [-0.2, -0.15) is 0 Å². The van der Waals surface area contributed by atoms with E-state index in [9.17, 15) is 24.2 Å². The molecule has 0 bridgehead atoms. The highest BCUT2D eigenvalue weighted by Gasteiger charge is 2.68. The summed E-state index contributed by atoms with van der Waals surface area (Å²) < 4.78 is 76.0. The van der Waals surface area contributed by atoms with Gasteiger partial charge in [0.05, 0.1) is 19.8 Å². The topological polar surface area (TPSA) is 38.8 Å². The second kappa shape index (κ2) is 6.35. The van der Waals surface area contributed by atoms with Crippen LogP contribution in [0.4, 0.5) is 25.1 Å². The van der Waals surface area contributed by atoms with E-state index in [1.807, 2.05) is 0 Å². The van der Waals surface area contributed by atoms with Crippen LogP contribution >= 0.6 is 10.2 Å². The fraction of sp³-hybridized carbons (Fsp3) is 0.278. The highest BCUT2D eigenvalue weighted by Crippen LogP contribution is 2.98. The molecule has 2 atom stereocenters. The smallest absolute Gasteiger partial charge is 0.287 e. The number of halogens is 5. The number of hydrogen-bond acceptors (Lipinski definition) is 3. The summed E-state index contributed by atoms with van der Waals surface area (Å²) in [6.45, 7) is -0.162. The van der Waals surface area contributed by atoms with Crippen molar-refractivity contribution >= 4 is 21.8 Å². The van der Waals surface area contributed by atoms with Crippen molar-refractivity contribution in [1.82, 2.24) is 0 Å². The predicted octanol–water partition coefficient (Wildman–Crippen LogP) is 5.29. The third-order valence-electron chi connectivity index (χ3n) is 4.27. The molecule has 1 aliphatic rings. The summed E-state index contributed by atoms with van der Waals surface area (Å²) in [6.07, 6.45) is -1.61. The van der Waals surface area contributed by atoms with Gasteiger partial charge in [0, 0.05) is 5.69 Å². The Balaban J connectivity index is 1.84. The molecule has 4 nitrogen and oxygen atoms in total. The second-order valence-electron chi connectivity index (χ2n) is 6.49. The van der Waals surface area contributed by atoms with Crippen molar-refractivity contribution < 1.29 is 33.7 Å². The summed E-state index contributed by atoms with van der Waals surface area (Å²) >= 11 is 0. The SMILES string of the molecule is COc1ccc(N2C(=O)[C@H](OCc3ccccc3)[C@@H]2CS(F)(F)(F)(F)F)cc1. The number of amides is 1. The molecule has 3 rings (SSSR count). The number of benzene rings is 2. The van der Waals surface area contributed by atoms with Crippen molar-refractivity contribution in [3.05, 3.63) is 60.2 Å². The molecular weight excluding hydrogens is 405 g/mol. The first kappa shape index (κ1) is 20.4. The minimum Gasteiger partial charge on any atom is -0.497 e. The lowest BCUT2D eigenvalue weighted by molar-refractivity contribution is -0.142. The average Bonchev–Trinajstić information content (AvgIpc) is 2.61. The van der Waals surface area contributed by atoms with Crippen molar-refractivity contribution in [2.75, 3.05) is 17.8 Å². The van der Waals surface area contributed by atoms with Gasteiger partial charge in [0.25, 0.3) is 16.1 Å². The minimum absolute atomic E-state index is 0.0669. The van der Waals surface area contributed by atoms with Crippen LogP contribution in [0.2, 0.25) is 0 Å². The van der Waals surface area contributed by atoms with Gasteiger partial charge in [-0.25, -0.2) is 0 Å². The first-order valence-electron chi connectivity index (χ1n) is 8.22. The molecule has 0 spiro atoms. The zero-order valence-electron chi connectivity index (χ0n) is 14.7. The average molecular weight is 423 g/mol. The van der Waals surface area contributed by atoms with Gasteiger partial charge >= 0.3 is 0 Å². The molecule has 1 saturated heterocycles. The van der Waals surface area contributed by atoms with E-state index in [1.165, 1.54) is 31.4 Å². The van der Waals surface area contributed by atoms with Gasteiger partial charge in [0.2, 0.25) is 0 Å². The van der Waals surface area contributed by atoms with E-state index in [-0.39, 0.29) is 12.3 Å². The van der Waals surface area contributed by atoms with Gasteiger partial charge in [-0.3, -0.25) is 4.79 Å². The molecule has 2 aromatic rings. The number of hydrogen-bond donors (Lipinski definition) is 0. The Hall–Kier alpha value is -2.33. The molecule has 154 valence electrons. The zero-order valence-corrected chi connectivity index (χ0v) is 15.6. The summed E-state index contributed by atoms with van der Waals surface area (Å²) in [5, 5.41) is 0. The largest absolute Gasteiger partial charge is 0.497 e. The lowest BCUT2D eigenvalue weighted by Crippen LogP contribution is -2.68. The lowest BCUT2D eigenvalue weighted by atomic mass is 9.98. The van der Waals surface area contributed by atoms with Crippen LogP contribution in [0.3, 0.4) is 0 Å². The maximum absolute atomic E-state index is 13.1. The van der Waals surface area contributed by atoms with Crippen LogP contribution in [0.1, 0.15) is 5.56 Å². The number of rotatable bonds is 7. The highest BCUT2D eigenvalue weighted by molar-refractivity contribution is 8.45. The van der Waals surface area contributed by atoms with Crippen LogP contribution in [0.15, 0.2) is 54.6 Å². The second-order valence-corrected chi connectivity index (χ2v) is 9.08. The Morgan fingerprint density at radius 3 is 2.11 bits per heavy atom. The molecule has 10 heteroatoms. The van der Waals surface area contributed by atoms with Crippen LogP contribution in [0.25, 0.3) is 0 Å². The predicted molar refractivity (Wildman–Crippen MR) is 97.3 cm³/mol. The van der Waals surface area contributed by atoms with Crippen LogP contribution < -0.4 is 9.64 Å². The van der Waals surface area contributed by atoms with E-state index in [2.05, 4.69) is 0 Å². The van der Waals surface area contributed by atoms with Crippen molar-refractivity contribution in [2.45, 2.75) is 18.8 Å². The minimum atomic E-state index is -9.77. The Labute approximate surface area is 158 Å². The van der Waals surface area contributed by atoms with E-state index in [0.29, 0.717) is 16.2 Å². The first-order chi connectivity index (χ1) is 12.9. The van der Waals surface area contributed by atoms with Crippen molar-refractivity contribution in [3.63, 3.8) is 0 Å². The highest BCUT2D eigenvalue weighted by atomic mass is 32.5. The Morgan fingerprint density at radius 2 is 1.57 bits per heavy atom. The lowest BCUT2D eigenvalue weighted by Gasteiger charge is -2.52. The summed E-state index contributed by atoms with van der Waals surface area (Å²) in [5.41, 5.74) is 0.682. The number of nitrogens with zero attached hydrogens (tertiary/aromatic N) is 1. The van der Waals surface area contributed by atoms with Gasteiger partial charge in [-0.15, -0.1) is 0 Å². The number of anilines is 1. The molecule has 1 heterocycles. The van der Waals surface area contributed by atoms with Crippen LogP contribution in [0, 0.1) is 0 Å². The van der Waals surface area contributed by atoms with Gasteiger partial charge in [0.15, 0.2) is 6.10 Å². The van der Waals surface area contributed by atoms with E-state index in [1.54, 1.807) is 30.3 Å². The van der Waals surface area contributed by atoms with Crippen LogP contribution in [-0.4, -0.2) is 30.9 Å². The zero-order chi connectivity index (χ0) is 20.6. The fourth-order valence-corrected chi connectivity index (χ4v) is 3.98. The number of ether oxygens (including phenoxy) is 2. The molecular formula is C18H18F5NO3S. The van der Waals surface area contributed by atoms with Gasteiger partial charge in [-0.05, 0) is 29.8 Å². The Morgan fingerprint density at radius 1 is 0.964 bits per heavy atom. The monoisotopic (exact) mass is 423 g/mol. The summed E-state index contributed by atoms with van der Waals surface area (Å²) in [4.78, 5) is 13.1. The van der Waals surface area contributed by atoms with Crippen molar-refractivity contribution in [1.29, 1.82) is 0 Å². The third-order valence-corrected chi connectivity index (χ3v) is 5.24. The van der Waals surface area contributed by atoms with E-state index in [0.717, 1.165) is 0 Å². The van der Waals surface area contributed by atoms with E-state index < -0.39 is 34.0 Å². The summed E-state index contributed by atoms with van der Waals surface area (Å²) in [5.74, 6) is -2.79. The molecule has 0 unspecified atom stereocenters. The summed E-state index contributed by atoms with van der Waals surface area (Å²) in [6, 6.07) is 12.1. The first-order valence-corrected chi connectivity index (χ1v) is 10.3. The fourth-order valence-electron chi connectivity index (χ4n) is 3.01. The molecule has 0 radical (unpaired) electrons. The van der Waals surface area contributed by atoms with Crippen molar-refractivity contribution in [2.24, 2.45) is 0 Å². The molecule has 0 aromatic heterocycles. The molecule has 28 heavy (non-hydrogen) atoms. The number of methoxy groups -OCH3 is 1. The number of carbonyl (C=O) groups excluding carboxylic acids is 1. The Bertz CT molecular complexity index is 859. The van der Waals surface area contributed by atoms with Gasteiger partial charge in [-0.1, -0.05) is 49.8 Å². The molecule has 2 aromatic carbocycles. The van der Waals surface area contributed by atoms with Gasteiger partial charge in [0.1, 0.15) is 11.5 Å². The molecule has 1 fully saturated rings. The van der Waals surface area contributed by atoms with Crippen LogP contribution in [0.5, 0.6) is 5.75 Å². The van der Waals surface area contributed by atoms with Crippen LogP contribution in [-0.2, 0) is 16.1 Å². The van der Waals surface area contributed by atoms with E-state index in [4.69, 9.17) is 9.47 Å². The maximum atomic E-state index is 13.1.